The zero-order chi connectivity index (χ0) is 15.2. The first kappa shape index (κ1) is 15.9. The molecule has 0 spiro atoms. The number of hydrogen-bond donors (Lipinski definition) is 2. The van der Waals surface area contributed by atoms with E-state index in [1.54, 1.807) is 19.1 Å². The molecule has 21 heavy (non-hydrogen) atoms. The number of nitrogens with zero attached hydrogens (tertiary/aromatic N) is 1. The van der Waals surface area contributed by atoms with Crippen LogP contribution in [0.3, 0.4) is 0 Å². The molecule has 1 amide bonds. The Hall–Kier alpha value is -1.46. The normalized spacial score (nSPS) is 18.9. The maximum atomic E-state index is 13.2. The van der Waals surface area contributed by atoms with Crippen LogP contribution in [0.25, 0.3) is 0 Å². The fraction of sp³-hybridized carbons (Fsp3) is 0.562. The first-order valence-electron chi connectivity index (χ1n) is 7.47. The standard InChI is InChI=1S/C16H24FN3O/c1-12-7-13(3-4-15(12)17)9-19-16(21)11-20-6-5-14(10-20)8-18-2/h3-4,7,14,18H,5-6,8-11H2,1-2H3,(H,19,21). The van der Waals surface area contributed by atoms with Crippen LogP contribution in [-0.2, 0) is 11.3 Å². The number of halogens is 1. The Bertz CT molecular complexity index is 492. The maximum Gasteiger partial charge on any atom is 0.234 e. The molecule has 2 N–H and O–H groups in total. The number of nitrogens with one attached hydrogen (secondary N) is 2. The van der Waals surface area contributed by atoms with Gasteiger partial charge in [0, 0.05) is 13.1 Å². The van der Waals surface area contributed by atoms with Crippen LogP contribution in [0.15, 0.2) is 18.2 Å². The van der Waals surface area contributed by atoms with Crippen molar-refractivity contribution in [3.63, 3.8) is 0 Å². The molecule has 1 aliphatic heterocycles. The highest BCUT2D eigenvalue weighted by atomic mass is 19.1. The first-order valence-corrected chi connectivity index (χ1v) is 7.47. The lowest BCUT2D eigenvalue weighted by atomic mass is 10.1. The predicted octanol–water partition coefficient (Wildman–Crippen LogP) is 1.29. The van der Waals surface area contributed by atoms with Crippen LogP contribution in [0.4, 0.5) is 4.39 Å². The highest BCUT2D eigenvalue weighted by molar-refractivity contribution is 5.78. The van der Waals surface area contributed by atoms with Gasteiger partial charge >= 0.3 is 0 Å². The number of likely N-dealkylation sites (tertiary alicyclic amines) is 1. The Kier molecular flexibility index (Phi) is 5.70. The summed E-state index contributed by atoms with van der Waals surface area (Å²) in [5, 5.41) is 6.08. The summed E-state index contributed by atoms with van der Waals surface area (Å²) < 4.78 is 13.2. The van der Waals surface area contributed by atoms with Crippen molar-refractivity contribution < 1.29 is 9.18 Å². The van der Waals surface area contributed by atoms with E-state index in [4.69, 9.17) is 0 Å². The van der Waals surface area contributed by atoms with Crippen molar-refractivity contribution in [2.24, 2.45) is 5.92 Å². The zero-order valence-corrected chi connectivity index (χ0v) is 12.8. The van der Waals surface area contributed by atoms with Gasteiger partial charge in [-0.1, -0.05) is 12.1 Å². The summed E-state index contributed by atoms with van der Waals surface area (Å²) in [6.07, 6.45) is 1.14. The third-order valence-corrected chi connectivity index (χ3v) is 3.94. The third kappa shape index (κ3) is 4.79. The molecule has 0 radical (unpaired) electrons. The van der Waals surface area contributed by atoms with Gasteiger partial charge < -0.3 is 10.6 Å². The summed E-state index contributed by atoms with van der Waals surface area (Å²) in [7, 11) is 1.96. The van der Waals surface area contributed by atoms with Gasteiger partial charge in [-0.25, -0.2) is 4.39 Å². The lowest BCUT2D eigenvalue weighted by molar-refractivity contribution is -0.122. The molecule has 0 aliphatic carbocycles. The van der Waals surface area contributed by atoms with Crippen LogP contribution in [0.5, 0.6) is 0 Å². The molecule has 1 aliphatic rings. The minimum absolute atomic E-state index is 0.0297. The highest BCUT2D eigenvalue weighted by Gasteiger charge is 2.23. The second kappa shape index (κ2) is 7.52. The van der Waals surface area contributed by atoms with Crippen molar-refractivity contribution in [1.29, 1.82) is 0 Å². The van der Waals surface area contributed by atoms with Crippen LogP contribution in [0.2, 0.25) is 0 Å². The van der Waals surface area contributed by atoms with Crippen LogP contribution in [0, 0.1) is 18.7 Å². The fourth-order valence-corrected chi connectivity index (χ4v) is 2.79. The van der Waals surface area contributed by atoms with E-state index in [9.17, 15) is 9.18 Å². The van der Waals surface area contributed by atoms with Crippen molar-refractivity contribution in [2.45, 2.75) is 19.9 Å². The maximum absolute atomic E-state index is 13.2. The molecule has 1 atom stereocenters. The van der Waals surface area contributed by atoms with E-state index in [0.29, 0.717) is 24.6 Å². The van der Waals surface area contributed by atoms with E-state index < -0.39 is 0 Å². The van der Waals surface area contributed by atoms with Crippen LogP contribution in [0.1, 0.15) is 17.5 Å². The SMILES string of the molecule is CNCC1CCN(CC(=O)NCc2ccc(F)c(C)c2)C1. The molecule has 0 aromatic heterocycles. The number of carbonyl (C=O) groups is 1. The average Bonchev–Trinajstić information content (AvgIpc) is 2.88. The van der Waals surface area contributed by atoms with Crippen molar-refractivity contribution >= 4 is 5.91 Å². The number of amides is 1. The molecule has 116 valence electrons. The molecule has 1 unspecified atom stereocenters. The molecular weight excluding hydrogens is 269 g/mol. The molecule has 2 rings (SSSR count). The second-order valence-corrected chi connectivity index (χ2v) is 5.81. The molecule has 0 saturated carbocycles. The lowest BCUT2D eigenvalue weighted by Gasteiger charge is -2.15. The van der Waals surface area contributed by atoms with Crippen molar-refractivity contribution in [3.8, 4) is 0 Å². The van der Waals surface area contributed by atoms with Crippen molar-refractivity contribution in [3.05, 3.63) is 35.1 Å². The Balaban J connectivity index is 1.74. The number of aryl methyl sites for hydroxylation is 1. The quantitative estimate of drug-likeness (QED) is 0.831. The molecule has 0 bridgehead atoms. The van der Waals surface area contributed by atoms with E-state index in [0.717, 1.165) is 31.6 Å². The molecule has 5 heteroatoms. The molecule has 1 aromatic carbocycles. The van der Waals surface area contributed by atoms with E-state index in [2.05, 4.69) is 15.5 Å². The minimum Gasteiger partial charge on any atom is -0.351 e. The Morgan fingerprint density at radius 3 is 3.00 bits per heavy atom. The van der Waals surface area contributed by atoms with Gasteiger partial charge in [0.05, 0.1) is 6.54 Å². The molecule has 4 nitrogen and oxygen atoms in total. The second-order valence-electron chi connectivity index (χ2n) is 5.81. The van der Waals surface area contributed by atoms with Gasteiger partial charge in [0.1, 0.15) is 5.82 Å². The van der Waals surface area contributed by atoms with Crippen LogP contribution in [-0.4, -0.2) is 44.0 Å². The van der Waals surface area contributed by atoms with E-state index >= 15 is 0 Å². The molecule has 1 heterocycles. The van der Waals surface area contributed by atoms with Crippen LogP contribution < -0.4 is 10.6 Å². The number of rotatable bonds is 6. The Morgan fingerprint density at radius 1 is 1.48 bits per heavy atom. The van der Waals surface area contributed by atoms with Crippen molar-refractivity contribution in [2.75, 3.05) is 33.2 Å². The zero-order valence-electron chi connectivity index (χ0n) is 12.8. The number of carbonyl (C=O) groups excluding carboxylic acids is 1. The summed E-state index contributed by atoms with van der Waals surface area (Å²) in [5.41, 5.74) is 1.54. The number of benzene rings is 1. The van der Waals surface area contributed by atoms with Gasteiger partial charge in [-0.05, 0) is 56.6 Å². The summed E-state index contributed by atoms with van der Waals surface area (Å²) in [6, 6.07) is 4.93. The molecule has 1 aromatic rings. The predicted molar refractivity (Wildman–Crippen MR) is 81.5 cm³/mol. The molecule has 1 fully saturated rings. The molecule has 1 saturated heterocycles. The van der Waals surface area contributed by atoms with Gasteiger partial charge in [0.2, 0.25) is 5.91 Å². The highest BCUT2D eigenvalue weighted by Crippen LogP contribution is 2.14. The van der Waals surface area contributed by atoms with Gasteiger partial charge in [0.25, 0.3) is 0 Å². The monoisotopic (exact) mass is 293 g/mol. The smallest absolute Gasteiger partial charge is 0.234 e. The summed E-state index contributed by atoms with van der Waals surface area (Å²) in [6.45, 7) is 5.59. The Labute approximate surface area is 125 Å². The summed E-state index contributed by atoms with van der Waals surface area (Å²) in [5.74, 6) is 0.461. The largest absolute Gasteiger partial charge is 0.351 e. The van der Waals surface area contributed by atoms with Crippen molar-refractivity contribution in [1.82, 2.24) is 15.5 Å². The van der Waals surface area contributed by atoms with Gasteiger partial charge in [-0.2, -0.15) is 0 Å². The summed E-state index contributed by atoms with van der Waals surface area (Å²) in [4.78, 5) is 14.1. The molecular formula is C16H24FN3O. The first-order chi connectivity index (χ1) is 10.1. The summed E-state index contributed by atoms with van der Waals surface area (Å²) >= 11 is 0. The minimum atomic E-state index is -0.210. The van der Waals surface area contributed by atoms with Gasteiger partial charge in [0.15, 0.2) is 0 Å². The number of hydrogen-bond acceptors (Lipinski definition) is 3. The van der Waals surface area contributed by atoms with E-state index in [-0.39, 0.29) is 11.7 Å². The average molecular weight is 293 g/mol. The van der Waals surface area contributed by atoms with Gasteiger partial charge in [-0.15, -0.1) is 0 Å². The topological polar surface area (TPSA) is 44.4 Å². The van der Waals surface area contributed by atoms with Crippen LogP contribution >= 0.6 is 0 Å². The third-order valence-electron chi connectivity index (χ3n) is 3.94. The Morgan fingerprint density at radius 2 is 2.29 bits per heavy atom. The fourth-order valence-electron chi connectivity index (χ4n) is 2.79. The lowest BCUT2D eigenvalue weighted by Crippen LogP contribution is -2.36. The van der Waals surface area contributed by atoms with E-state index in [1.165, 1.54) is 6.07 Å². The van der Waals surface area contributed by atoms with Gasteiger partial charge in [-0.3, -0.25) is 9.69 Å². The van der Waals surface area contributed by atoms with E-state index in [1.807, 2.05) is 7.05 Å².